The molecule has 0 saturated carbocycles. The van der Waals surface area contributed by atoms with Crippen LogP contribution in [0.4, 0.5) is 4.39 Å². The SMILES string of the molecule is CC[C@@H](CNC(=O)[C@@H]1C[C@@H]2CC[C@@H]1O2)Oc1cccc(F)c1. The summed E-state index contributed by atoms with van der Waals surface area (Å²) in [4.78, 5) is 12.3. The zero-order valence-electron chi connectivity index (χ0n) is 12.8. The van der Waals surface area contributed by atoms with E-state index in [1.54, 1.807) is 12.1 Å². The van der Waals surface area contributed by atoms with E-state index >= 15 is 0 Å². The molecule has 22 heavy (non-hydrogen) atoms. The van der Waals surface area contributed by atoms with Crippen LogP contribution in [-0.2, 0) is 9.53 Å². The smallest absolute Gasteiger partial charge is 0.225 e. The zero-order chi connectivity index (χ0) is 15.5. The van der Waals surface area contributed by atoms with Gasteiger partial charge in [-0.15, -0.1) is 0 Å². The van der Waals surface area contributed by atoms with E-state index in [2.05, 4.69) is 5.32 Å². The lowest BCUT2D eigenvalue weighted by Crippen LogP contribution is -2.41. The van der Waals surface area contributed by atoms with Gasteiger partial charge in [-0.3, -0.25) is 4.79 Å². The highest BCUT2D eigenvalue weighted by atomic mass is 19.1. The highest BCUT2D eigenvalue weighted by Crippen LogP contribution is 2.38. The molecular formula is C17H22FNO3. The summed E-state index contributed by atoms with van der Waals surface area (Å²) in [6.45, 7) is 2.41. The number of benzene rings is 1. The quantitative estimate of drug-likeness (QED) is 0.879. The van der Waals surface area contributed by atoms with Crippen molar-refractivity contribution in [2.24, 2.45) is 5.92 Å². The summed E-state index contributed by atoms with van der Waals surface area (Å²) in [5, 5.41) is 2.96. The van der Waals surface area contributed by atoms with Gasteiger partial charge >= 0.3 is 0 Å². The van der Waals surface area contributed by atoms with E-state index in [1.807, 2.05) is 6.92 Å². The molecule has 4 nitrogen and oxygen atoms in total. The van der Waals surface area contributed by atoms with Crippen molar-refractivity contribution in [1.82, 2.24) is 5.32 Å². The van der Waals surface area contributed by atoms with Crippen molar-refractivity contribution in [2.45, 2.75) is 50.9 Å². The van der Waals surface area contributed by atoms with Gasteiger partial charge in [-0.1, -0.05) is 13.0 Å². The number of hydrogen-bond donors (Lipinski definition) is 1. The van der Waals surface area contributed by atoms with Crippen molar-refractivity contribution < 1.29 is 18.7 Å². The van der Waals surface area contributed by atoms with Crippen molar-refractivity contribution in [1.29, 1.82) is 0 Å². The van der Waals surface area contributed by atoms with E-state index in [0.29, 0.717) is 12.3 Å². The molecule has 0 unspecified atom stereocenters. The Balaban J connectivity index is 1.49. The van der Waals surface area contributed by atoms with Crippen LogP contribution in [0.2, 0.25) is 0 Å². The minimum atomic E-state index is -0.324. The van der Waals surface area contributed by atoms with E-state index in [4.69, 9.17) is 9.47 Å². The average molecular weight is 307 g/mol. The van der Waals surface area contributed by atoms with Gasteiger partial charge in [0.25, 0.3) is 0 Å². The summed E-state index contributed by atoms with van der Waals surface area (Å²) in [5.74, 6) is 0.193. The summed E-state index contributed by atoms with van der Waals surface area (Å²) in [6.07, 6.45) is 3.84. The third kappa shape index (κ3) is 3.40. The van der Waals surface area contributed by atoms with Gasteiger partial charge in [0.05, 0.1) is 24.7 Å². The first-order chi connectivity index (χ1) is 10.7. The molecule has 120 valence electrons. The lowest BCUT2D eigenvalue weighted by atomic mass is 9.88. The first-order valence-electron chi connectivity index (χ1n) is 8.01. The Kier molecular flexibility index (Phi) is 4.62. The minimum Gasteiger partial charge on any atom is -0.489 e. The molecule has 0 spiro atoms. The van der Waals surface area contributed by atoms with Crippen LogP contribution >= 0.6 is 0 Å². The molecule has 2 saturated heterocycles. The van der Waals surface area contributed by atoms with Crippen LogP contribution in [0.1, 0.15) is 32.6 Å². The summed E-state index contributed by atoms with van der Waals surface area (Å²) < 4.78 is 24.6. The maximum atomic E-state index is 13.2. The van der Waals surface area contributed by atoms with Crippen LogP contribution in [-0.4, -0.2) is 30.8 Å². The Morgan fingerprint density at radius 2 is 2.36 bits per heavy atom. The number of amides is 1. The molecule has 1 N–H and O–H groups in total. The molecule has 1 aromatic rings. The van der Waals surface area contributed by atoms with Gasteiger partial charge in [0.1, 0.15) is 17.7 Å². The predicted octanol–water partition coefficient (Wildman–Crippen LogP) is 2.67. The second-order valence-electron chi connectivity index (χ2n) is 6.07. The summed E-state index contributed by atoms with van der Waals surface area (Å²) in [7, 11) is 0. The summed E-state index contributed by atoms with van der Waals surface area (Å²) in [6, 6.07) is 6.07. The number of carbonyl (C=O) groups excluding carboxylic acids is 1. The Hall–Kier alpha value is -1.62. The van der Waals surface area contributed by atoms with E-state index in [-0.39, 0.29) is 36.0 Å². The van der Waals surface area contributed by atoms with Gasteiger partial charge in [-0.05, 0) is 37.8 Å². The largest absolute Gasteiger partial charge is 0.489 e. The lowest BCUT2D eigenvalue weighted by molar-refractivity contribution is -0.126. The third-order valence-electron chi connectivity index (χ3n) is 4.50. The molecule has 2 bridgehead atoms. The molecular weight excluding hydrogens is 285 g/mol. The number of halogens is 1. The summed E-state index contributed by atoms with van der Waals surface area (Å²) >= 11 is 0. The Bertz CT molecular complexity index is 536. The third-order valence-corrected chi connectivity index (χ3v) is 4.50. The van der Waals surface area contributed by atoms with Gasteiger partial charge < -0.3 is 14.8 Å². The van der Waals surface area contributed by atoms with Crippen molar-refractivity contribution in [2.75, 3.05) is 6.54 Å². The first-order valence-corrected chi connectivity index (χ1v) is 8.01. The molecule has 4 atom stereocenters. The van der Waals surface area contributed by atoms with E-state index in [1.165, 1.54) is 12.1 Å². The van der Waals surface area contributed by atoms with Gasteiger partial charge in [-0.25, -0.2) is 4.39 Å². The van der Waals surface area contributed by atoms with Crippen molar-refractivity contribution >= 4 is 5.91 Å². The summed E-state index contributed by atoms with van der Waals surface area (Å²) in [5.41, 5.74) is 0. The second kappa shape index (κ2) is 6.65. The number of fused-ring (bicyclic) bond motifs is 2. The lowest BCUT2D eigenvalue weighted by Gasteiger charge is -2.21. The van der Waals surface area contributed by atoms with E-state index in [0.717, 1.165) is 25.7 Å². The molecule has 5 heteroatoms. The van der Waals surface area contributed by atoms with Crippen LogP contribution in [0.5, 0.6) is 5.75 Å². The molecule has 2 aliphatic rings. The maximum absolute atomic E-state index is 13.2. The number of hydrogen-bond acceptors (Lipinski definition) is 3. The van der Waals surface area contributed by atoms with Crippen LogP contribution in [0.15, 0.2) is 24.3 Å². The molecule has 2 aliphatic heterocycles. The van der Waals surface area contributed by atoms with Crippen LogP contribution in [0.25, 0.3) is 0 Å². The molecule has 2 fully saturated rings. The van der Waals surface area contributed by atoms with Gasteiger partial charge in [0.2, 0.25) is 5.91 Å². The molecule has 0 aliphatic carbocycles. The molecule has 1 aromatic carbocycles. The number of carbonyl (C=O) groups is 1. The number of nitrogens with one attached hydrogen (secondary N) is 1. The molecule has 0 aromatic heterocycles. The monoisotopic (exact) mass is 307 g/mol. The average Bonchev–Trinajstić information content (AvgIpc) is 3.14. The molecule has 0 radical (unpaired) electrons. The van der Waals surface area contributed by atoms with Crippen molar-refractivity contribution in [3.05, 3.63) is 30.1 Å². The van der Waals surface area contributed by atoms with Gasteiger partial charge in [0, 0.05) is 6.07 Å². The Labute approximate surface area is 130 Å². The van der Waals surface area contributed by atoms with Crippen molar-refractivity contribution in [3.63, 3.8) is 0 Å². The predicted molar refractivity (Wildman–Crippen MR) is 80.1 cm³/mol. The van der Waals surface area contributed by atoms with E-state index < -0.39 is 0 Å². The fraction of sp³-hybridized carbons (Fsp3) is 0.588. The van der Waals surface area contributed by atoms with Gasteiger partial charge in [-0.2, -0.15) is 0 Å². The highest BCUT2D eigenvalue weighted by molar-refractivity contribution is 5.79. The molecule has 3 rings (SSSR count). The first kappa shape index (κ1) is 15.3. The van der Waals surface area contributed by atoms with E-state index in [9.17, 15) is 9.18 Å². The molecule has 1 amide bonds. The fourth-order valence-electron chi connectivity index (χ4n) is 3.26. The molecule has 2 heterocycles. The zero-order valence-corrected chi connectivity index (χ0v) is 12.8. The normalized spacial score (nSPS) is 27.6. The highest BCUT2D eigenvalue weighted by Gasteiger charge is 2.44. The van der Waals surface area contributed by atoms with Crippen LogP contribution in [0.3, 0.4) is 0 Å². The van der Waals surface area contributed by atoms with Crippen LogP contribution < -0.4 is 10.1 Å². The Morgan fingerprint density at radius 3 is 3.00 bits per heavy atom. The second-order valence-corrected chi connectivity index (χ2v) is 6.07. The van der Waals surface area contributed by atoms with Crippen LogP contribution in [0, 0.1) is 11.7 Å². The maximum Gasteiger partial charge on any atom is 0.225 e. The standard InChI is InChI=1S/C17H22FNO3/c1-2-12(21-13-5-3-4-11(18)8-13)10-19-17(20)15-9-14-6-7-16(15)22-14/h3-5,8,12,14-16H,2,6-7,9-10H2,1H3,(H,19,20)/t12-,14-,15+,16-/m0/s1. The minimum absolute atomic E-state index is 0.0228. The number of rotatable bonds is 6. The van der Waals surface area contributed by atoms with Gasteiger partial charge in [0.15, 0.2) is 0 Å². The van der Waals surface area contributed by atoms with Crippen molar-refractivity contribution in [3.8, 4) is 5.75 Å². The number of ether oxygens (including phenoxy) is 2. The Morgan fingerprint density at radius 1 is 1.50 bits per heavy atom. The topological polar surface area (TPSA) is 47.6 Å². The fourth-order valence-corrected chi connectivity index (χ4v) is 3.26.